The van der Waals surface area contributed by atoms with Crippen LogP contribution in [0.15, 0.2) is 60.0 Å². The third-order valence-corrected chi connectivity index (χ3v) is 2.22. The fraction of sp³-hybridized carbons (Fsp3) is 0.0833. The highest BCUT2D eigenvalue weighted by Crippen LogP contribution is 2.18. The van der Waals surface area contributed by atoms with Gasteiger partial charge in [-0.25, -0.2) is 0 Å². The lowest BCUT2D eigenvalue weighted by Gasteiger charge is -2.20. The number of carbonyl (C=O) groups excluding carboxylic acids is 1. The van der Waals surface area contributed by atoms with Crippen molar-refractivity contribution < 1.29 is 4.79 Å². The molecular weight excluding hydrogens is 174 g/mol. The summed E-state index contributed by atoms with van der Waals surface area (Å²) in [5.74, 6) is 0.0642. The minimum atomic E-state index is 0.0642. The van der Waals surface area contributed by atoms with Gasteiger partial charge in [0, 0.05) is 18.8 Å². The van der Waals surface area contributed by atoms with Crippen LogP contribution in [0.3, 0.4) is 0 Å². The van der Waals surface area contributed by atoms with Crippen molar-refractivity contribution in [3.8, 4) is 0 Å². The number of hydrogen-bond acceptors (Lipinski definition) is 2. The first-order valence-electron chi connectivity index (χ1n) is 4.50. The first kappa shape index (κ1) is 8.75. The molecule has 0 saturated carbocycles. The first-order chi connectivity index (χ1) is 6.79. The second-order valence-electron chi connectivity index (χ2n) is 3.19. The van der Waals surface area contributed by atoms with E-state index in [1.165, 1.54) is 0 Å². The Labute approximate surface area is 83.2 Å². The lowest BCUT2D eigenvalue weighted by atomic mass is 10.0. The van der Waals surface area contributed by atoms with Crippen molar-refractivity contribution in [2.45, 2.75) is 0 Å². The van der Waals surface area contributed by atoms with E-state index in [0.29, 0.717) is 0 Å². The van der Waals surface area contributed by atoms with E-state index in [1.807, 2.05) is 48.5 Å². The zero-order chi connectivity index (χ0) is 9.97. The van der Waals surface area contributed by atoms with Crippen molar-refractivity contribution in [2.24, 2.45) is 0 Å². The smallest absolute Gasteiger partial charge is 0.187 e. The summed E-state index contributed by atoms with van der Waals surface area (Å²) in [7, 11) is 1.93. The second kappa shape index (κ2) is 3.50. The van der Waals surface area contributed by atoms with Crippen LogP contribution in [0.2, 0.25) is 0 Å². The molecule has 0 aromatic rings. The van der Waals surface area contributed by atoms with Crippen LogP contribution in [-0.4, -0.2) is 17.7 Å². The Morgan fingerprint density at radius 2 is 1.71 bits per heavy atom. The molecule has 0 N–H and O–H groups in total. The average molecular weight is 185 g/mol. The summed E-state index contributed by atoms with van der Waals surface area (Å²) >= 11 is 0. The zero-order valence-corrected chi connectivity index (χ0v) is 7.97. The van der Waals surface area contributed by atoms with E-state index in [9.17, 15) is 4.79 Å². The molecule has 1 heterocycles. The molecule has 1 aliphatic heterocycles. The molecular formula is C12H11NO. The van der Waals surface area contributed by atoms with Gasteiger partial charge in [0.15, 0.2) is 5.78 Å². The maximum absolute atomic E-state index is 11.6. The Balaban J connectivity index is 2.44. The van der Waals surface area contributed by atoms with Crippen LogP contribution in [0.25, 0.3) is 0 Å². The molecule has 0 fully saturated rings. The molecule has 14 heavy (non-hydrogen) atoms. The molecule has 0 bridgehead atoms. The Morgan fingerprint density at radius 1 is 1.00 bits per heavy atom. The SMILES string of the molecule is CN1C=CC=CC1=C1C=CC=CC1=O. The van der Waals surface area contributed by atoms with Gasteiger partial charge in [0.05, 0.1) is 5.70 Å². The Bertz CT molecular complexity index is 408. The second-order valence-corrected chi connectivity index (χ2v) is 3.19. The minimum Gasteiger partial charge on any atom is -0.350 e. The van der Waals surface area contributed by atoms with E-state index in [1.54, 1.807) is 12.2 Å². The molecule has 0 unspecified atom stereocenters. The Hall–Kier alpha value is -1.83. The fourth-order valence-corrected chi connectivity index (χ4v) is 1.48. The van der Waals surface area contributed by atoms with Crippen molar-refractivity contribution in [1.29, 1.82) is 0 Å². The molecule has 0 atom stereocenters. The molecule has 0 amide bonds. The van der Waals surface area contributed by atoms with Gasteiger partial charge in [-0.2, -0.15) is 0 Å². The topological polar surface area (TPSA) is 20.3 Å². The number of ketones is 1. The summed E-state index contributed by atoms with van der Waals surface area (Å²) in [5, 5.41) is 0. The number of carbonyl (C=O) groups is 1. The van der Waals surface area contributed by atoms with Gasteiger partial charge in [0.2, 0.25) is 0 Å². The van der Waals surface area contributed by atoms with E-state index in [2.05, 4.69) is 0 Å². The molecule has 0 aromatic heterocycles. The van der Waals surface area contributed by atoms with E-state index in [4.69, 9.17) is 0 Å². The van der Waals surface area contributed by atoms with Gasteiger partial charge in [0.25, 0.3) is 0 Å². The predicted molar refractivity (Wildman–Crippen MR) is 56.4 cm³/mol. The van der Waals surface area contributed by atoms with E-state index in [0.717, 1.165) is 11.3 Å². The molecule has 0 saturated heterocycles. The standard InChI is InChI=1S/C12H11NO/c1-13-9-5-4-7-11(13)10-6-2-3-8-12(10)14/h2-9H,1H3. The summed E-state index contributed by atoms with van der Waals surface area (Å²) < 4.78 is 0. The molecule has 2 heteroatoms. The molecule has 1 aliphatic carbocycles. The first-order valence-corrected chi connectivity index (χ1v) is 4.50. The Morgan fingerprint density at radius 3 is 2.43 bits per heavy atom. The lowest BCUT2D eigenvalue weighted by molar-refractivity contribution is -0.111. The molecule has 2 aliphatic rings. The summed E-state index contributed by atoms with van der Waals surface area (Å²) in [6.45, 7) is 0. The highest BCUT2D eigenvalue weighted by Gasteiger charge is 2.13. The monoisotopic (exact) mass is 185 g/mol. The van der Waals surface area contributed by atoms with Crippen LogP contribution >= 0.6 is 0 Å². The van der Waals surface area contributed by atoms with E-state index in [-0.39, 0.29) is 5.78 Å². The maximum Gasteiger partial charge on any atom is 0.187 e. The number of nitrogens with zero attached hydrogens (tertiary/aromatic N) is 1. The van der Waals surface area contributed by atoms with Crippen molar-refractivity contribution >= 4 is 5.78 Å². The van der Waals surface area contributed by atoms with Crippen molar-refractivity contribution in [2.75, 3.05) is 7.05 Å². The number of allylic oxidation sites excluding steroid dienone is 8. The predicted octanol–water partition coefficient (Wildman–Crippen LogP) is 1.95. The molecule has 0 spiro atoms. The highest BCUT2D eigenvalue weighted by molar-refractivity contribution is 6.08. The van der Waals surface area contributed by atoms with Gasteiger partial charge in [0.1, 0.15) is 0 Å². The van der Waals surface area contributed by atoms with Gasteiger partial charge >= 0.3 is 0 Å². The normalized spacial score (nSPS) is 24.9. The molecule has 70 valence electrons. The minimum absolute atomic E-state index is 0.0642. The quantitative estimate of drug-likeness (QED) is 0.538. The van der Waals surface area contributed by atoms with Crippen LogP contribution in [0, 0.1) is 0 Å². The third kappa shape index (κ3) is 1.46. The van der Waals surface area contributed by atoms with Gasteiger partial charge in [-0.15, -0.1) is 0 Å². The average Bonchev–Trinajstić information content (AvgIpc) is 2.20. The van der Waals surface area contributed by atoms with Gasteiger partial charge in [-0.1, -0.05) is 18.2 Å². The molecule has 2 nitrogen and oxygen atoms in total. The van der Waals surface area contributed by atoms with Crippen molar-refractivity contribution in [3.63, 3.8) is 0 Å². The summed E-state index contributed by atoms with van der Waals surface area (Å²) in [5.41, 5.74) is 1.69. The van der Waals surface area contributed by atoms with Gasteiger partial charge in [-0.3, -0.25) is 4.79 Å². The molecule has 2 rings (SSSR count). The van der Waals surface area contributed by atoms with Gasteiger partial charge < -0.3 is 4.90 Å². The van der Waals surface area contributed by atoms with Crippen LogP contribution in [0.4, 0.5) is 0 Å². The summed E-state index contributed by atoms with van der Waals surface area (Å²) in [6, 6.07) is 0. The van der Waals surface area contributed by atoms with E-state index < -0.39 is 0 Å². The number of likely N-dealkylation sites (N-methyl/N-ethyl adjacent to an activating group) is 1. The van der Waals surface area contributed by atoms with E-state index >= 15 is 0 Å². The largest absolute Gasteiger partial charge is 0.350 e. The van der Waals surface area contributed by atoms with Crippen LogP contribution in [0.5, 0.6) is 0 Å². The summed E-state index contributed by atoms with van der Waals surface area (Å²) in [4.78, 5) is 13.5. The summed E-state index contributed by atoms with van der Waals surface area (Å²) in [6.07, 6.45) is 14.8. The van der Waals surface area contributed by atoms with Gasteiger partial charge in [-0.05, 0) is 24.3 Å². The lowest BCUT2D eigenvalue weighted by Crippen LogP contribution is -2.16. The van der Waals surface area contributed by atoms with Crippen molar-refractivity contribution in [1.82, 2.24) is 4.90 Å². The van der Waals surface area contributed by atoms with Crippen LogP contribution < -0.4 is 0 Å². The molecule has 0 radical (unpaired) electrons. The van der Waals surface area contributed by atoms with Crippen LogP contribution in [0.1, 0.15) is 0 Å². The highest BCUT2D eigenvalue weighted by atomic mass is 16.1. The third-order valence-electron chi connectivity index (χ3n) is 2.22. The zero-order valence-electron chi connectivity index (χ0n) is 7.97. The van der Waals surface area contributed by atoms with Crippen molar-refractivity contribution in [3.05, 3.63) is 60.0 Å². The van der Waals surface area contributed by atoms with Crippen LogP contribution in [-0.2, 0) is 4.79 Å². The number of rotatable bonds is 0. The molecule has 0 aromatic carbocycles. The maximum atomic E-state index is 11.6. The Kier molecular flexibility index (Phi) is 2.19. The fourth-order valence-electron chi connectivity index (χ4n) is 1.48. The number of hydrogen-bond donors (Lipinski definition) is 0.